The molecule has 2 saturated carbocycles. The van der Waals surface area contributed by atoms with E-state index in [1.54, 1.807) is 15.5 Å². The van der Waals surface area contributed by atoms with Crippen LogP contribution in [0.1, 0.15) is 75.7 Å². The lowest BCUT2D eigenvalue weighted by Gasteiger charge is -2.47. The average Bonchev–Trinajstić information content (AvgIpc) is 3.50. The van der Waals surface area contributed by atoms with Gasteiger partial charge in [-0.05, 0) is 50.8 Å². The molecule has 0 radical (unpaired) electrons. The van der Waals surface area contributed by atoms with E-state index in [4.69, 9.17) is 0 Å². The number of fused-ring (bicyclic) bond motifs is 3. The van der Waals surface area contributed by atoms with E-state index >= 15 is 0 Å². The molecule has 2 heterocycles. The van der Waals surface area contributed by atoms with Crippen molar-refractivity contribution in [1.82, 2.24) is 14.8 Å². The second-order valence-electron chi connectivity index (χ2n) is 9.99. The Kier molecular flexibility index (Phi) is 5.41. The summed E-state index contributed by atoms with van der Waals surface area (Å²) < 4.78 is 16.0. The van der Waals surface area contributed by atoms with Crippen LogP contribution in [0.4, 0.5) is 10.1 Å². The molecule has 1 aliphatic heterocycles. The van der Waals surface area contributed by atoms with Crippen LogP contribution in [0.2, 0.25) is 0 Å². The zero-order valence-electron chi connectivity index (χ0n) is 19.2. The van der Waals surface area contributed by atoms with Crippen molar-refractivity contribution in [3.05, 3.63) is 29.7 Å². The molecule has 8 heteroatoms. The van der Waals surface area contributed by atoms with Crippen LogP contribution in [-0.2, 0) is 16.1 Å². The molecule has 5 rings (SSSR count). The van der Waals surface area contributed by atoms with Crippen LogP contribution in [0, 0.1) is 5.82 Å². The molecule has 1 aromatic carbocycles. The molecule has 0 bridgehead atoms. The number of halogens is 1. The Morgan fingerprint density at radius 1 is 1.09 bits per heavy atom. The van der Waals surface area contributed by atoms with Crippen molar-refractivity contribution in [2.45, 2.75) is 89.4 Å². The minimum atomic E-state index is -1.07. The van der Waals surface area contributed by atoms with E-state index in [2.05, 4.69) is 10.6 Å². The third-order valence-corrected chi connectivity index (χ3v) is 7.61. The van der Waals surface area contributed by atoms with E-state index in [1.807, 2.05) is 6.92 Å². The zero-order valence-corrected chi connectivity index (χ0v) is 19.2. The number of amides is 3. The number of carbonyl (C=O) groups excluding carboxylic acids is 3. The molecule has 1 unspecified atom stereocenters. The Bertz CT molecular complexity index is 1130. The van der Waals surface area contributed by atoms with E-state index < -0.39 is 11.4 Å². The van der Waals surface area contributed by atoms with Gasteiger partial charge in [0, 0.05) is 24.4 Å². The lowest BCUT2D eigenvalue weighted by Crippen LogP contribution is -2.67. The molecule has 3 amide bonds. The summed E-state index contributed by atoms with van der Waals surface area (Å²) >= 11 is 0. The second-order valence-corrected chi connectivity index (χ2v) is 9.99. The molecular weight excluding hydrogens is 423 g/mol. The van der Waals surface area contributed by atoms with Crippen molar-refractivity contribution < 1.29 is 18.8 Å². The number of hydrogen-bond donors (Lipinski definition) is 2. The number of hydrogen-bond acceptors (Lipinski definition) is 3. The fourth-order valence-corrected chi connectivity index (χ4v) is 6.06. The van der Waals surface area contributed by atoms with E-state index in [-0.39, 0.29) is 36.3 Å². The SMILES string of the molecule is CC(=O)Nc1c2n(c3ccc(F)cc13)CC(C)(C(=O)NC1CCCC1)N(C1CCCC1)C2=O. The Labute approximate surface area is 192 Å². The molecule has 2 N–H and O–H groups in total. The first-order valence-electron chi connectivity index (χ1n) is 12.0. The van der Waals surface area contributed by atoms with E-state index in [1.165, 1.54) is 19.1 Å². The molecule has 1 atom stereocenters. The highest BCUT2D eigenvalue weighted by Gasteiger charge is 2.52. The van der Waals surface area contributed by atoms with E-state index in [0.29, 0.717) is 22.3 Å². The van der Waals surface area contributed by atoms with Gasteiger partial charge in [-0.3, -0.25) is 14.4 Å². The van der Waals surface area contributed by atoms with Crippen molar-refractivity contribution >= 4 is 34.3 Å². The maximum absolute atomic E-state index is 14.2. The minimum Gasteiger partial charge on any atom is -0.351 e. The van der Waals surface area contributed by atoms with Gasteiger partial charge in [-0.2, -0.15) is 0 Å². The lowest BCUT2D eigenvalue weighted by atomic mass is 9.91. The number of aromatic nitrogens is 1. The van der Waals surface area contributed by atoms with Gasteiger partial charge in [0.2, 0.25) is 11.8 Å². The van der Waals surface area contributed by atoms with Crippen LogP contribution in [0.25, 0.3) is 10.9 Å². The fraction of sp³-hybridized carbons (Fsp3) is 0.560. The topological polar surface area (TPSA) is 83.4 Å². The Hall–Kier alpha value is -2.90. The predicted molar refractivity (Wildman–Crippen MR) is 123 cm³/mol. The van der Waals surface area contributed by atoms with Crippen LogP contribution in [0.15, 0.2) is 18.2 Å². The van der Waals surface area contributed by atoms with Crippen LogP contribution in [0.5, 0.6) is 0 Å². The molecule has 0 spiro atoms. The van der Waals surface area contributed by atoms with Gasteiger partial charge in [0.25, 0.3) is 5.91 Å². The van der Waals surface area contributed by atoms with E-state index in [0.717, 1.165) is 51.4 Å². The largest absolute Gasteiger partial charge is 0.351 e. The number of rotatable bonds is 4. The Balaban J connectivity index is 1.66. The number of benzene rings is 1. The monoisotopic (exact) mass is 454 g/mol. The molecule has 2 aliphatic carbocycles. The first kappa shape index (κ1) is 21.9. The lowest BCUT2D eigenvalue weighted by molar-refractivity contribution is -0.135. The van der Waals surface area contributed by atoms with Crippen LogP contribution >= 0.6 is 0 Å². The molecule has 33 heavy (non-hydrogen) atoms. The Morgan fingerprint density at radius 3 is 2.42 bits per heavy atom. The molecule has 0 saturated heterocycles. The first-order valence-corrected chi connectivity index (χ1v) is 12.0. The summed E-state index contributed by atoms with van der Waals surface area (Å²) in [7, 11) is 0. The third-order valence-electron chi connectivity index (χ3n) is 7.61. The quantitative estimate of drug-likeness (QED) is 0.734. The van der Waals surface area contributed by atoms with Gasteiger partial charge in [0.05, 0.1) is 17.7 Å². The predicted octanol–water partition coefficient (Wildman–Crippen LogP) is 3.95. The highest BCUT2D eigenvalue weighted by Crippen LogP contribution is 2.42. The molecule has 2 fully saturated rings. The number of anilines is 1. The van der Waals surface area contributed by atoms with Crippen molar-refractivity contribution in [2.24, 2.45) is 0 Å². The van der Waals surface area contributed by atoms with Gasteiger partial charge >= 0.3 is 0 Å². The highest BCUT2D eigenvalue weighted by molar-refractivity contribution is 6.14. The molecular formula is C25H31FN4O3. The first-order chi connectivity index (χ1) is 15.8. The molecule has 176 valence electrons. The molecule has 3 aliphatic rings. The van der Waals surface area contributed by atoms with Crippen LogP contribution in [0.3, 0.4) is 0 Å². The van der Waals surface area contributed by atoms with Crippen LogP contribution in [-0.4, -0.2) is 44.8 Å². The van der Waals surface area contributed by atoms with Crippen molar-refractivity contribution in [3.63, 3.8) is 0 Å². The third kappa shape index (κ3) is 3.60. The van der Waals surface area contributed by atoms with Gasteiger partial charge in [0.1, 0.15) is 17.1 Å². The van der Waals surface area contributed by atoms with E-state index in [9.17, 15) is 18.8 Å². The number of nitrogens with zero attached hydrogens (tertiary/aromatic N) is 2. The zero-order chi connectivity index (χ0) is 23.3. The van der Waals surface area contributed by atoms with Crippen molar-refractivity contribution in [1.29, 1.82) is 0 Å². The van der Waals surface area contributed by atoms with Gasteiger partial charge in [-0.15, -0.1) is 0 Å². The van der Waals surface area contributed by atoms with Crippen molar-refractivity contribution in [3.8, 4) is 0 Å². The summed E-state index contributed by atoms with van der Waals surface area (Å²) in [6.07, 6.45) is 7.86. The normalized spacial score (nSPS) is 23.8. The number of nitrogens with one attached hydrogen (secondary N) is 2. The molecule has 2 aromatic rings. The van der Waals surface area contributed by atoms with Gasteiger partial charge in [-0.25, -0.2) is 4.39 Å². The maximum Gasteiger partial charge on any atom is 0.273 e. The van der Waals surface area contributed by atoms with Gasteiger partial charge < -0.3 is 20.1 Å². The van der Waals surface area contributed by atoms with Gasteiger partial charge in [-0.1, -0.05) is 25.7 Å². The summed E-state index contributed by atoms with van der Waals surface area (Å²) in [6.45, 7) is 3.48. The highest BCUT2D eigenvalue weighted by atomic mass is 19.1. The van der Waals surface area contributed by atoms with Crippen LogP contribution < -0.4 is 10.6 Å². The van der Waals surface area contributed by atoms with Gasteiger partial charge in [0.15, 0.2) is 0 Å². The smallest absolute Gasteiger partial charge is 0.273 e. The summed E-state index contributed by atoms with van der Waals surface area (Å²) in [6, 6.07) is 4.41. The summed E-state index contributed by atoms with van der Waals surface area (Å²) in [5.74, 6) is -1.19. The second kappa shape index (κ2) is 8.15. The fourth-order valence-electron chi connectivity index (χ4n) is 6.06. The maximum atomic E-state index is 14.2. The molecule has 7 nitrogen and oxygen atoms in total. The average molecular weight is 455 g/mol. The van der Waals surface area contributed by atoms with Crippen molar-refractivity contribution in [2.75, 3.05) is 5.32 Å². The summed E-state index contributed by atoms with van der Waals surface area (Å²) in [4.78, 5) is 41.6. The molecule has 1 aromatic heterocycles. The standard InChI is InChI=1S/C25H31FN4O3/c1-15(31)27-21-19-13-16(26)11-12-20(19)29-14-25(2,24(33)28-17-7-3-4-8-17)30(23(32)22(21)29)18-9-5-6-10-18/h11-13,17-18H,3-10,14H2,1-2H3,(H,27,31)(H,28,33). The number of carbonyl (C=O) groups is 3. The summed E-state index contributed by atoms with van der Waals surface area (Å²) in [5, 5.41) is 6.45. The minimum absolute atomic E-state index is 0.0366. The Morgan fingerprint density at radius 2 is 1.76 bits per heavy atom. The summed E-state index contributed by atoms with van der Waals surface area (Å²) in [5.41, 5.74) is 0.205.